The van der Waals surface area contributed by atoms with Crippen molar-refractivity contribution in [3.05, 3.63) is 71.8 Å². The molecule has 0 radical (unpaired) electrons. The van der Waals surface area contributed by atoms with Gasteiger partial charge in [0.2, 0.25) is 0 Å². The molecular formula is C21H25NO3. The van der Waals surface area contributed by atoms with Gasteiger partial charge in [-0.1, -0.05) is 67.6 Å². The third-order valence-electron chi connectivity index (χ3n) is 4.54. The predicted octanol–water partition coefficient (Wildman–Crippen LogP) is 4.39. The minimum atomic E-state index is -0.533. The van der Waals surface area contributed by atoms with Crippen molar-refractivity contribution in [2.45, 2.75) is 45.1 Å². The molecule has 0 unspecified atom stereocenters. The minimum absolute atomic E-state index is 0.122. The third kappa shape index (κ3) is 5.07. The van der Waals surface area contributed by atoms with Crippen LogP contribution >= 0.6 is 0 Å². The summed E-state index contributed by atoms with van der Waals surface area (Å²) < 4.78 is 10.5. The molecule has 2 atom stereocenters. The molecule has 1 aliphatic heterocycles. The van der Waals surface area contributed by atoms with E-state index >= 15 is 0 Å². The van der Waals surface area contributed by atoms with Gasteiger partial charge >= 0.3 is 6.16 Å². The monoisotopic (exact) mass is 339 g/mol. The van der Waals surface area contributed by atoms with E-state index in [0.29, 0.717) is 0 Å². The molecule has 1 aliphatic rings. The Morgan fingerprint density at radius 2 is 1.36 bits per heavy atom. The molecule has 1 fully saturated rings. The zero-order valence-electron chi connectivity index (χ0n) is 14.6. The SMILES string of the molecule is CC[C@H]1OC(=O)O[C@@H]1CCN(Cc1ccccc1)Cc1ccccc1. The normalized spacial score (nSPS) is 19.7. The highest BCUT2D eigenvalue weighted by molar-refractivity contribution is 5.62. The van der Waals surface area contributed by atoms with E-state index < -0.39 is 6.16 Å². The van der Waals surface area contributed by atoms with Gasteiger partial charge in [0, 0.05) is 26.1 Å². The summed E-state index contributed by atoms with van der Waals surface area (Å²) in [7, 11) is 0. The number of hydrogen-bond donors (Lipinski definition) is 0. The molecule has 0 aromatic heterocycles. The maximum Gasteiger partial charge on any atom is 0.509 e. The molecule has 132 valence electrons. The Balaban J connectivity index is 1.64. The van der Waals surface area contributed by atoms with Gasteiger partial charge in [-0.25, -0.2) is 4.79 Å². The smallest absolute Gasteiger partial charge is 0.427 e. The van der Waals surface area contributed by atoms with Gasteiger partial charge in [0.1, 0.15) is 12.2 Å². The lowest BCUT2D eigenvalue weighted by molar-refractivity contribution is 0.110. The Labute approximate surface area is 149 Å². The fourth-order valence-corrected chi connectivity index (χ4v) is 3.22. The average molecular weight is 339 g/mol. The van der Waals surface area contributed by atoms with Crippen LogP contribution in [-0.2, 0) is 22.6 Å². The first-order valence-electron chi connectivity index (χ1n) is 8.92. The second-order valence-electron chi connectivity index (χ2n) is 6.44. The fourth-order valence-electron chi connectivity index (χ4n) is 3.22. The molecule has 0 amide bonds. The molecule has 0 N–H and O–H groups in total. The van der Waals surface area contributed by atoms with Gasteiger partial charge in [0.25, 0.3) is 0 Å². The second kappa shape index (κ2) is 8.67. The molecule has 0 saturated carbocycles. The molecule has 4 nitrogen and oxygen atoms in total. The van der Waals surface area contributed by atoms with Gasteiger partial charge < -0.3 is 9.47 Å². The van der Waals surface area contributed by atoms with Crippen molar-refractivity contribution in [2.75, 3.05) is 6.54 Å². The molecule has 0 bridgehead atoms. The van der Waals surface area contributed by atoms with Gasteiger partial charge in [0.15, 0.2) is 0 Å². The summed E-state index contributed by atoms with van der Waals surface area (Å²) in [5.41, 5.74) is 2.57. The summed E-state index contributed by atoms with van der Waals surface area (Å²) in [4.78, 5) is 13.8. The molecule has 25 heavy (non-hydrogen) atoms. The van der Waals surface area contributed by atoms with Crippen LogP contribution in [0.2, 0.25) is 0 Å². The van der Waals surface area contributed by atoms with Crippen LogP contribution in [-0.4, -0.2) is 29.8 Å². The summed E-state index contributed by atoms with van der Waals surface area (Å²) >= 11 is 0. The summed E-state index contributed by atoms with van der Waals surface area (Å²) in [5.74, 6) is 0. The summed E-state index contributed by atoms with van der Waals surface area (Å²) in [6, 6.07) is 20.9. The Hall–Kier alpha value is -2.33. The zero-order valence-corrected chi connectivity index (χ0v) is 14.6. The van der Waals surface area contributed by atoms with Gasteiger partial charge in [-0.05, 0) is 17.5 Å². The van der Waals surface area contributed by atoms with Crippen LogP contribution in [0.5, 0.6) is 0 Å². The summed E-state index contributed by atoms with van der Waals surface area (Å²) in [6.07, 6.45) is 0.765. The van der Waals surface area contributed by atoms with Crippen LogP contribution in [0.15, 0.2) is 60.7 Å². The highest BCUT2D eigenvalue weighted by Gasteiger charge is 2.35. The van der Waals surface area contributed by atoms with E-state index in [1.54, 1.807) is 0 Å². The highest BCUT2D eigenvalue weighted by Crippen LogP contribution is 2.22. The molecular weight excluding hydrogens is 314 g/mol. The van der Waals surface area contributed by atoms with E-state index in [0.717, 1.165) is 32.5 Å². The van der Waals surface area contributed by atoms with E-state index in [1.165, 1.54) is 11.1 Å². The van der Waals surface area contributed by atoms with E-state index in [1.807, 2.05) is 19.1 Å². The van der Waals surface area contributed by atoms with Crippen LogP contribution in [0.1, 0.15) is 30.9 Å². The van der Waals surface area contributed by atoms with E-state index in [4.69, 9.17) is 9.47 Å². The second-order valence-corrected chi connectivity index (χ2v) is 6.44. The zero-order chi connectivity index (χ0) is 17.5. The van der Waals surface area contributed by atoms with E-state index in [2.05, 4.69) is 53.4 Å². The van der Waals surface area contributed by atoms with Crippen molar-refractivity contribution in [2.24, 2.45) is 0 Å². The number of nitrogens with zero attached hydrogens (tertiary/aromatic N) is 1. The summed E-state index contributed by atoms with van der Waals surface area (Å²) in [5, 5.41) is 0. The predicted molar refractivity (Wildman–Crippen MR) is 97.0 cm³/mol. The van der Waals surface area contributed by atoms with Gasteiger partial charge in [0.05, 0.1) is 0 Å². The molecule has 0 spiro atoms. The number of ether oxygens (including phenoxy) is 2. The lowest BCUT2D eigenvalue weighted by atomic mass is 10.1. The number of carbonyl (C=O) groups is 1. The van der Waals surface area contributed by atoms with Crippen molar-refractivity contribution in [3.63, 3.8) is 0 Å². The van der Waals surface area contributed by atoms with E-state index in [-0.39, 0.29) is 12.2 Å². The number of benzene rings is 2. The minimum Gasteiger partial charge on any atom is -0.427 e. The van der Waals surface area contributed by atoms with Crippen molar-refractivity contribution in [1.82, 2.24) is 4.90 Å². The highest BCUT2D eigenvalue weighted by atomic mass is 16.8. The molecule has 2 aromatic rings. The first-order valence-corrected chi connectivity index (χ1v) is 8.92. The van der Waals surface area contributed by atoms with Crippen LogP contribution in [0.3, 0.4) is 0 Å². The number of rotatable bonds is 8. The van der Waals surface area contributed by atoms with Gasteiger partial charge in [-0.2, -0.15) is 0 Å². The molecule has 2 aromatic carbocycles. The van der Waals surface area contributed by atoms with Crippen molar-refractivity contribution in [3.8, 4) is 0 Å². The van der Waals surface area contributed by atoms with Crippen LogP contribution < -0.4 is 0 Å². The Morgan fingerprint density at radius 3 is 1.88 bits per heavy atom. The third-order valence-corrected chi connectivity index (χ3v) is 4.54. The molecule has 1 heterocycles. The van der Waals surface area contributed by atoms with Gasteiger partial charge in [-0.15, -0.1) is 0 Å². The Bertz CT molecular complexity index is 618. The van der Waals surface area contributed by atoms with Gasteiger partial charge in [-0.3, -0.25) is 4.90 Å². The van der Waals surface area contributed by atoms with Crippen LogP contribution in [0, 0.1) is 0 Å². The Kier molecular flexibility index (Phi) is 6.07. The van der Waals surface area contributed by atoms with Crippen molar-refractivity contribution in [1.29, 1.82) is 0 Å². The molecule has 3 rings (SSSR count). The topological polar surface area (TPSA) is 38.8 Å². The standard InChI is InChI=1S/C21H25NO3/c1-2-19-20(25-21(23)24-19)13-14-22(15-17-9-5-3-6-10-17)16-18-11-7-4-8-12-18/h3-12,19-20H,2,13-16H2,1H3/t19-,20-/m1/s1. The molecule has 4 heteroatoms. The quantitative estimate of drug-likeness (QED) is 0.669. The largest absolute Gasteiger partial charge is 0.509 e. The lowest BCUT2D eigenvalue weighted by Gasteiger charge is -2.24. The fraction of sp³-hybridized carbons (Fsp3) is 0.381. The maximum atomic E-state index is 11.4. The first-order chi connectivity index (χ1) is 12.2. The first kappa shape index (κ1) is 17.5. The van der Waals surface area contributed by atoms with Crippen LogP contribution in [0.4, 0.5) is 4.79 Å². The molecule has 0 aliphatic carbocycles. The van der Waals surface area contributed by atoms with Crippen molar-refractivity contribution < 1.29 is 14.3 Å². The van der Waals surface area contributed by atoms with Crippen molar-refractivity contribution >= 4 is 6.16 Å². The lowest BCUT2D eigenvalue weighted by Crippen LogP contribution is -2.30. The van der Waals surface area contributed by atoms with E-state index in [9.17, 15) is 4.79 Å². The number of cyclic esters (lactones) is 2. The number of carbonyl (C=O) groups excluding carboxylic acids is 1. The summed E-state index contributed by atoms with van der Waals surface area (Å²) in [6.45, 7) is 4.61. The maximum absolute atomic E-state index is 11.4. The Morgan fingerprint density at radius 1 is 0.840 bits per heavy atom. The van der Waals surface area contributed by atoms with Crippen LogP contribution in [0.25, 0.3) is 0 Å². The average Bonchev–Trinajstić information content (AvgIpc) is 3.01. The number of hydrogen-bond acceptors (Lipinski definition) is 4. The molecule has 1 saturated heterocycles.